The van der Waals surface area contributed by atoms with Crippen LogP contribution in [0.4, 0.5) is 0 Å². The molecule has 59 heavy (non-hydrogen) atoms. The van der Waals surface area contributed by atoms with E-state index in [-0.39, 0.29) is 58.3 Å². The van der Waals surface area contributed by atoms with Crippen molar-refractivity contribution < 1.29 is 33.8 Å². The zero-order chi connectivity index (χ0) is 43.5. The van der Waals surface area contributed by atoms with Gasteiger partial charge in [-0.25, -0.2) is 0 Å². The lowest BCUT2D eigenvalue weighted by Crippen LogP contribution is -2.65. The summed E-state index contributed by atoms with van der Waals surface area (Å²) < 4.78 is 12.6. The van der Waals surface area contributed by atoms with Gasteiger partial charge in [0.15, 0.2) is 5.78 Å². The number of benzene rings is 1. The van der Waals surface area contributed by atoms with Crippen LogP contribution >= 0.6 is 11.6 Å². The van der Waals surface area contributed by atoms with Gasteiger partial charge in [-0.2, -0.15) is 0 Å². The number of nitrogens with zero attached hydrogens (tertiary/aromatic N) is 2. The first kappa shape index (κ1) is 45.8. The number of allylic oxidation sites excluding steroid dienone is 1. The van der Waals surface area contributed by atoms with E-state index in [9.17, 15) is 24.3 Å². The van der Waals surface area contributed by atoms with Crippen molar-refractivity contribution in [2.45, 2.75) is 145 Å². The fraction of sp³-hybridized carbons (Fsp3) is 0.755. The number of carboxylic acids is 1. The molecule has 0 spiro atoms. The summed E-state index contributed by atoms with van der Waals surface area (Å²) in [5, 5.41) is 10.3. The Morgan fingerprint density at radius 2 is 1.63 bits per heavy atom. The Bertz CT molecular complexity index is 1810. The summed E-state index contributed by atoms with van der Waals surface area (Å²) in [4.78, 5) is 57.1. The zero-order valence-corrected chi connectivity index (χ0v) is 38.7. The van der Waals surface area contributed by atoms with E-state index in [2.05, 4.69) is 77.6 Å². The number of rotatable bonds is 14. The van der Waals surface area contributed by atoms with E-state index in [0.29, 0.717) is 36.4 Å². The minimum absolute atomic E-state index is 0.0199. The van der Waals surface area contributed by atoms with Gasteiger partial charge < -0.3 is 19.5 Å². The van der Waals surface area contributed by atoms with Gasteiger partial charge >= 0.3 is 17.9 Å². The zero-order valence-electron chi connectivity index (χ0n) is 37.9. The molecule has 1 N–H and O–H groups in total. The molecule has 9 nitrogen and oxygen atoms in total. The standard InChI is InChI=1S/C49H73ClN2O7/c1-30(2)42-37(54)26-49(40(58-32(4)53)29-52(25-24-51(10)11)28-33-12-14-34(50)15-13-33)23-22-47(8)36(43(42)49)16-17-39-46(7)20-19-38(31(3)35(46)18-21-48(39,47)9)59-41(55)27-45(5,6)44(56)57/h12-15,30-31,35-36,38-40H,16-29H2,1-11H3,(H,56,57)/t31-,35+,36-,38+,39-,40-,46+,47-,48-,49+/m1/s1. The normalized spacial score (nSPS) is 34.9. The van der Waals surface area contributed by atoms with Crippen molar-refractivity contribution >= 4 is 35.3 Å². The molecule has 0 aliphatic heterocycles. The molecule has 6 rings (SSSR count). The van der Waals surface area contributed by atoms with E-state index >= 15 is 0 Å². The highest BCUT2D eigenvalue weighted by atomic mass is 35.5. The third-order valence-corrected chi connectivity index (χ3v) is 17.2. The number of fused-ring (bicyclic) bond motifs is 7. The van der Waals surface area contributed by atoms with Crippen molar-refractivity contribution in [3.05, 3.63) is 46.0 Å². The molecule has 0 unspecified atom stereocenters. The smallest absolute Gasteiger partial charge is 0.309 e. The number of halogens is 1. The molecule has 328 valence electrons. The fourth-order valence-corrected chi connectivity index (χ4v) is 13.8. The number of hydrogen-bond donors (Lipinski definition) is 1. The van der Waals surface area contributed by atoms with Crippen molar-refractivity contribution in [3.8, 4) is 0 Å². The molecule has 0 amide bonds. The van der Waals surface area contributed by atoms with Gasteiger partial charge in [0.2, 0.25) is 0 Å². The Kier molecular flexibility index (Phi) is 13.1. The van der Waals surface area contributed by atoms with Crippen molar-refractivity contribution in [1.82, 2.24) is 9.80 Å². The van der Waals surface area contributed by atoms with Gasteiger partial charge in [-0.1, -0.05) is 65.3 Å². The Hall–Kier alpha value is -2.75. The third kappa shape index (κ3) is 8.32. The summed E-state index contributed by atoms with van der Waals surface area (Å²) in [6.45, 7) is 21.7. The van der Waals surface area contributed by atoms with E-state index < -0.39 is 28.9 Å². The molecule has 5 aliphatic carbocycles. The number of aliphatic carboxylic acids is 1. The van der Waals surface area contributed by atoms with E-state index in [1.165, 1.54) is 12.5 Å². The lowest BCUT2D eigenvalue weighted by Gasteiger charge is -2.71. The van der Waals surface area contributed by atoms with Crippen LogP contribution < -0.4 is 0 Å². The predicted molar refractivity (Wildman–Crippen MR) is 232 cm³/mol. The fourth-order valence-electron chi connectivity index (χ4n) is 13.7. The summed E-state index contributed by atoms with van der Waals surface area (Å²) in [5.41, 5.74) is 1.73. The van der Waals surface area contributed by atoms with E-state index in [1.807, 2.05) is 12.1 Å². The highest BCUT2D eigenvalue weighted by Crippen LogP contribution is 2.76. The van der Waals surface area contributed by atoms with Crippen LogP contribution in [-0.4, -0.2) is 84.5 Å². The molecule has 0 heterocycles. The predicted octanol–water partition coefficient (Wildman–Crippen LogP) is 9.64. The largest absolute Gasteiger partial charge is 0.481 e. The minimum Gasteiger partial charge on any atom is -0.481 e. The molecule has 0 bridgehead atoms. The van der Waals surface area contributed by atoms with Crippen molar-refractivity contribution in [2.75, 3.05) is 33.7 Å². The molecule has 10 atom stereocenters. The molecular weight excluding hydrogens is 764 g/mol. The third-order valence-electron chi connectivity index (χ3n) is 17.0. The van der Waals surface area contributed by atoms with E-state index in [0.717, 1.165) is 75.6 Å². The van der Waals surface area contributed by atoms with Crippen LogP contribution in [-0.2, 0) is 35.2 Å². The Morgan fingerprint density at radius 1 is 0.949 bits per heavy atom. The number of carboxylic acid groups (broad SMARTS) is 1. The van der Waals surface area contributed by atoms with Gasteiger partial charge in [-0.05, 0) is 154 Å². The number of likely N-dealkylation sites (N-methyl/N-ethyl adjacent to an activating group) is 1. The Labute approximate surface area is 359 Å². The van der Waals surface area contributed by atoms with Crippen LogP contribution in [0.15, 0.2) is 35.4 Å². The van der Waals surface area contributed by atoms with Crippen molar-refractivity contribution in [1.29, 1.82) is 0 Å². The van der Waals surface area contributed by atoms with Gasteiger partial charge in [0.05, 0.1) is 11.8 Å². The van der Waals surface area contributed by atoms with Crippen LogP contribution in [0.25, 0.3) is 0 Å². The number of carbonyl (C=O) groups excluding carboxylic acids is 3. The van der Waals surface area contributed by atoms with Crippen LogP contribution in [0.3, 0.4) is 0 Å². The molecule has 10 heteroatoms. The highest BCUT2D eigenvalue weighted by molar-refractivity contribution is 6.30. The molecular formula is C49H73ClN2O7. The highest BCUT2D eigenvalue weighted by Gasteiger charge is 2.70. The van der Waals surface area contributed by atoms with Gasteiger partial charge in [-0.3, -0.25) is 24.1 Å². The quantitative estimate of drug-likeness (QED) is 0.183. The minimum atomic E-state index is -1.17. The van der Waals surface area contributed by atoms with Gasteiger partial charge in [-0.15, -0.1) is 0 Å². The van der Waals surface area contributed by atoms with Crippen molar-refractivity contribution in [2.24, 2.45) is 56.7 Å². The van der Waals surface area contributed by atoms with Crippen LogP contribution in [0.1, 0.15) is 132 Å². The van der Waals surface area contributed by atoms with E-state index in [1.54, 1.807) is 13.8 Å². The number of esters is 2. The van der Waals surface area contributed by atoms with Crippen LogP contribution in [0, 0.1) is 56.7 Å². The Morgan fingerprint density at radius 3 is 2.24 bits per heavy atom. The first-order valence-corrected chi connectivity index (χ1v) is 22.9. The summed E-state index contributed by atoms with van der Waals surface area (Å²) in [6, 6.07) is 7.98. The molecule has 4 saturated carbocycles. The molecule has 4 fully saturated rings. The topological polar surface area (TPSA) is 113 Å². The second-order valence-electron chi connectivity index (χ2n) is 21.5. The van der Waals surface area contributed by atoms with Crippen LogP contribution in [0.2, 0.25) is 5.02 Å². The second kappa shape index (κ2) is 16.8. The molecule has 0 aromatic heterocycles. The second-order valence-corrected chi connectivity index (χ2v) is 21.9. The van der Waals surface area contributed by atoms with Crippen molar-refractivity contribution in [3.63, 3.8) is 0 Å². The maximum Gasteiger partial charge on any atom is 0.309 e. The monoisotopic (exact) mass is 837 g/mol. The first-order chi connectivity index (χ1) is 27.5. The average molecular weight is 838 g/mol. The van der Waals surface area contributed by atoms with Gasteiger partial charge in [0.25, 0.3) is 0 Å². The number of Topliss-reactive ketones (excluding diaryl/α,β-unsaturated/α-hetero) is 1. The summed E-state index contributed by atoms with van der Waals surface area (Å²) in [6.07, 6.45) is 7.28. The van der Waals surface area contributed by atoms with Gasteiger partial charge in [0.1, 0.15) is 12.2 Å². The summed E-state index contributed by atoms with van der Waals surface area (Å²) in [7, 11) is 4.15. The SMILES string of the molecule is CC(=O)O[C@H](CN(CCN(C)C)Cc1ccc(Cl)cc1)[C@@]12CC[C@]3(C)[C@H](CC[C@@H]4[C@@]5(C)CC[C@H](OC(=O)CC(C)(C)C(=O)O)[C@H](C)[C@@H]5CC[C@]43C)C1=C(C(C)C)C(=O)C2. The number of hydrogen-bond acceptors (Lipinski definition) is 8. The Balaban J connectivity index is 1.32. The molecule has 0 radical (unpaired) electrons. The maximum atomic E-state index is 14.5. The number of carbonyl (C=O) groups is 4. The average Bonchev–Trinajstić information content (AvgIpc) is 3.45. The number of ketones is 1. The molecule has 1 aromatic carbocycles. The van der Waals surface area contributed by atoms with Gasteiger partial charge in [0, 0.05) is 50.0 Å². The lowest BCUT2D eigenvalue weighted by atomic mass is 9.33. The first-order valence-electron chi connectivity index (χ1n) is 22.5. The maximum absolute atomic E-state index is 14.5. The molecule has 1 aromatic rings. The summed E-state index contributed by atoms with van der Waals surface area (Å²) >= 11 is 6.28. The lowest BCUT2D eigenvalue weighted by molar-refractivity contribution is -0.219. The number of ether oxygens (including phenoxy) is 2. The molecule has 0 saturated heterocycles. The summed E-state index contributed by atoms with van der Waals surface area (Å²) in [5.74, 6) is -0.178. The van der Waals surface area contributed by atoms with E-state index in [4.69, 9.17) is 21.1 Å². The molecule has 5 aliphatic rings. The van der Waals surface area contributed by atoms with Crippen LogP contribution in [0.5, 0.6) is 0 Å².